The van der Waals surface area contributed by atoms with Crippen molar-refractivity contribution in [3.8, 4) is 11.3 Å². The van der Waals surface area contributed by atoms with Gasteiger partial charge in [0.05, 0.1) is 6.54 Å². The second-order valence-corrected chi connectivity index (χ2v) is 5.83. The van der Waals surface area contributed by atoms with E-state index in [0.717, 1.165) is 24.2 Å². The summed E-state index contributed by atoms with van der Waals surface area (Å²) in [5, 5.41) is 14.8. The fraction of sp³-hybridized carbons (Fsp3) is 0.353. The number of amides is 1. The van der Waals surface area contributed by atoms with Gasteiger partial charge in [-0.1, -0.05) is 29.4 Å². The molecule has 0 atom stereocenters. The highest BCUT2D eigenvalue weighted by atomic mass is 16.5. The van der Waals surface area contributed by atoms with Crippen LogP contribution in [0.2, 0.25) is 0 Å². The number of hydrogen-bond donors (Lipinski definition) is 2. The second kappa shape index (κ2) is 8.26. The molecule has 0 aliphatic heterocycles. The third kappa shape index (κ3) is 4.66. The van der Waals surface area contributed by atoms with Crippen molar-refractivity contribution in [1.29, 1.82) is 5.41 Å². The third-order valence-corrected chi connectivity index (χ3v) is 3.64. The van der Waals surface area contributed by atoms with E-state index in [-0.39, 0.29) is 0 Å². The van der Waals surface area contributed by atoms with Gasteiger partial charge in [0.25, 0.3) is 0 Å². The Bertz CT molecular complexity index is 679. The first kappa shape index (κ1) is 17.7. The average molecular weight is 329 g/mol. The maximum atomic E-state index is 10.3. The summed E-state index contributed by atoms with van der Waals surface area (Å²) in [5.41, 5.74) is 2.46. The molecule has 1 heterocycles. The van der Waals surface area contributed by atoms with Crippen LogP contribution in [-0.4, -0.2) is 61.4 Å². The van der Waals surface area contributed by atoms with Crippen LogP contribution in [0.4, 0.5) is 0 Å². The fourth-order valence-electron chi connectivity index (χ4n) is 2.16. The molecule has 1 aromatic heterocycles. The van der Waals surface area contributed by atoms with Gasteiger partial charge in [0, 0.05) is 37.3 Å². The summed E-state index contributed by atoms with van der Waals surface area (Å²) < 4.78 is 5.16. The normalized spacial score (nSPS) is 10.7. The summed E-state index contributed by atoms with van der Waals surface area (Å²) in [5.74, 6) is 1.08. The number of carbonyl (C=O) groups is 1. The molecule has 2 aromatic rings. The molecule has 0 spiro atoms. The molecule has 0 unspecified atom stereocenters. The summed E-state index contributed by atoms with van der Waals surface area (Å²) in [4.78, 5) is 14.3. The van der Waals surface area contributed by atoms with Crippen LogP contribution in [-0.2, 0) is 11.3 Å². The predicted octanol–water partition coefficient (Wildman–Crippen LogP) is 1.41. The molecule has 2 N–H and O–H groups in total. The second-order valence-electron chi connectivity index (χ2n) is 5.83. The molecular formula is C17H23N5O2. The molecule has 0 fully saturated rings. The summed E-state index contributed by atoms with van der Waals surface area (Å²) in [6.45, 7) is 2.01. The smallest absolute Gasteiger partial charge is 0.207 e. The van der Waals surface area contributed by atoms with Crippen LogP contribution >= 0.6 is 0 Å². The van der Waals surface area contributed by atoms with E-state index in [1.165, 1.54) is 0 Å². The average Bonchev–Trinajstić information content (AvgIpc) is 3.06. The number of amidine groups is 1. The molecule has 0 aliphatic carbocycles. The Kier molecular flexibility index (Phi) is 6.08. The van der Waals surface area contributed by atoms with Crippen LogP contribution in [0.1, 0.15) is 11.3 Å². The SMILES string of the molecule is CN(C)CCN(C)C(=N)c1ccc(-c2cc(CNC=O)on2)cc1. The van der Waals surface area contributed by atoms with Crippen molar-refractivity contribution in [3.63, 3.8) is 0 Å². The molecule has 0 radical (unpaired) electrons. The van der Waals surface area contributed by atoms with Gasteiger partial charge in [-0.15, -0.1) is 0 Å². The number of aromatic nitrogens is 1. The van der Waals surface area contributed by atoms with Crippen LogP contribution < -0.4 is 5.32 Å². The molecule has 0 saturated heterocycles. The van der Waals surface area contributed by atoms with Gasteiger partial charge < -0.3 is 19.6 Å². The Morgan fingerprint density at radius 1 is 1.25 bits per heavy atom. The van der Waals surface area contributed by atoms with Gasteiger partial charge in [0.1, 0.15) is 11.5 Å². The van der Waals surface area contributed by atoms with Crippen LogP contribution in [0.3, 0.4) is 0 Å². The lowest BCUT2D eigenvalue weighted by Crippen LogP contribution is -2.33. The molecule has 7 heteroatoms. The monoisotopic (exact) mass is 329 g/mol. The lowest BCUT2D eigenvalue weighted by Gasteiger charge is -2.22. The minimum Gasteiger partial charge on any atom is -0.359 e. The van der Waals surface area contributed by atoms with Gasteiger partial charge in [-0.25, -0.2) is 0 Å². The lowest BCUT2D eigenvalue weighted by atomic mass is 10.1. The standard InChI is InChI=1S/C17H23N5O2/c1-21(2)8-9-22(3)17(18)14-6-4-13(5-7-14)16-10-15(24-20-16)11-19-12-23/h4-7,10,12,18H,8-9,11H2,1-3H3,(H,19,23). The Morgan fingerprint density at radius 3 is 2.58 bits per heavy atom. The van der Waals surface area contributed by atoms with Crippen molar-refractivity contribution < 1.29 is 9.32 Å². The van der Waals surface area contributed by atoms with E-state index < -0.39 is 0 Å². The van der Waals surface area contributed by atoms with Crippen molar-refractivity contribution in [2.24, 2.45) is 0 Å². The molecule has 0 bridgehead atoms. The number of rotatable bonds is 8. The Morgan fingerprint density at radius 2 is 1.96 bits per heavy atom. The summed E-state index contributed by atoms with van der Waals surface area (Å²) in [7, 11) is 5.95. The van der Waals surface area contributed by atoms with Gasteiger partial charge in [0.2, 0.25) is 6.41 Å². The lowest BCUT2D eigenvalue weighted by molar-refractivity contribution is -0.109. The Balaban J connectivity index is 2.03. The quantitative estimate of drug-likeness (QED) is 0.434. The first-order valence-electron chi connectivity index (χ1n) is 7.69. The highest BCUT2D eigenvalue weighted by Crippen LogP contribution is 2.20. The largest absolute Gasteiger partial charge is 0.359 e. The van der Waals surface area contributed by atoms with E-state index in [1.807, 2.05) is 50.3 Å². The molecule has 0 saturated carbocycles. The van der Waals surface area contributed by atoms with Crippen LogP contribution in [0.5, 0.6) is 0 Å². The highest BCUT2D eigenvalue weighted by Gasteiger charge is 2.10. The summed E-state index contributed by atoms with van der Waals surface area (Å²) >= 11 is 0. The zero-order valence-electron chi connectivity index (χ0n) is 14.2. The Hall–Kier alpha value is -2.67. The zero-order chi connectivity index (χ0) is 17.5. The molecule has 128 valence electrons. The van der Waals surface area contributed by atoms with E-state index in [4.69, 9.17) is 9.93 Å². The van der Waals surface area contributed by atoms with E-state index >= 15 is 0 Å². The number of carbonyl (C=O) groups excluding carboxylic acids is 1. The van der Waals surface area contributed by atoms with Crippen molar-refractivity contribution in [1.82, 2.24) is 20.3 Å². The fourth-order valence-corrected chi connectivity index (χ4v) is 2.16. The van der Waals surface area contributed by atoms with Gasteiger partial charge in [-0.2, -0.15) is 0 Å². The minimum atomic E-state index is 0.315. The number of nitrogens with zero attached hydrogens (tertiary/aromatic N) is 3. The van der Waals surface area contributed by atoms with E-state index in [0.29, 0.717) is 30.2 Å². The van der Waals surface area contributed by atoms with Gasteiger partial charge in [-0.3, -0.25) is 10.2 Å². The maximum absolute atomic E-state index is 10.3. The van der Waals surface area contributed by atoms with Gasteiger partial charge in [-0.05, 0) is 14.1 Å². The minimum absolute atomic E-state index is 0.315. The molecule has 0 aliphatic rings. The summed E-state index contributed by atoms with van der Waals surface area (Å²) in [6.07, 6.45) is 0.620. The van der Waals surface area contributed by atoms with Gasteiger partial charge >= 0.3 is 0 Å². The highest BCUT2D eigenvalue weighted by molar-refractivity contribution is 5.96. The van der Waals surface area contributed by atoms with Crippen molar-refractivity contribution in [2.75, 3.05) is 34.2 Å². The molecule has 1 amide bonds. The van der Waals surface area contributed by atoms with E-state index in [1.54, 1.807) is 6.07 Å². The van der Waals surface area contributed by atoms with Crippen molar-refractivity contribution in [3.05, 3.63) is 41.7 Å². The van der Waals surface area contributed by atoms with Gasteiger partial charge in [0.15, 0.2) is 5.76 Å². The van der Waals surface area contributed by atoms with E-state index in [9.17, 15) is 4.79 Å². The van der Waals surface area contributed by atoms with E-state index in [2.05, 4.69) is 15.4 Å². The topological polar surface area (TPSA) is 85.5 Å². The molecule has 1 aromatic carbocycles. The molecule has 7 nitrogen and oxygen atoms in total. The predicted molar refractivity (Wildman–Crippen MR) is 92.9 cm³/mol. The summed E-state index contributed by atoms with van der Waals surface area (Å²) in [6, 6.07) is 9.43. The number of hydrogen-bond acceptors (Lipinski definition) is 5. The first-order chi connectivity index (χ1) is 11.5. The Labute approximate surface area is 141 Å². The van der Waals surface area contributed by atoms with Crippen LogP contribution in [0.15, 0.2) is 34.9 Å². The number of benzene rings is 1. The molecule has 2 rings (SSSR count). The molecular weight excluding hydrogens is 306 g/mol. The number of likely N-dealkylation sites (N-methyl/N-ethyl adjacent to an activating group) is 2. The third-order valence-electron chi connectivity index (χ3n) is 3.64. The maximum Gasteiger partial charge on any atom is 0.207 e. The zero-order valence-corrected chi connectivity index (χ0v) is 14.2. The first-order valence-corrected chi connectivity index (χ1v) is 7.69. The number of nitrogens with one attached hydrogen (secondary N) is 2. The van der Waals surface area contributed by atoms with Crippen LogP contribution in [0.25, 0.3) is 11.3 Å². The van der Waals surface area contributed by atoms with Crippen molar-refractivity contribution in [2.45, 2.75) is 6.54 Å². The van der Waals surface area contributed by atoms with Crippen molar-refractivity contribution >= 4 is 12.2 Å². The van der Waals surface area contributed by atoms with Crippen LogP contribution in [0, 0.1) is 5.41 Å². The molecule has 24 heavy (non-hydrogen) atoms.